The lowest BCUT2D eigenvalue weighted by Gasteiger charge is -2.32. The van der Waals surface area contributed by atoms with Crippen LogP contribution < -0.4 is 5.32 Å². The van der Waals surface area contributed by atoms with Gasteiger partial charge in [-0.25, -0.2) is 0 Å². The van der Waals surface area contributed by atoms with Crippen LogP contribution >= 0.6 is 0 Å². The van der Waals surface area contributed by atoms with Crippen LogP contribution in [0, 0.1) is 0 Å². The summed E-state index contributed by atoms with van der Waals surface area (Å²) in [6, 6.07) is 0. The first-order valence-corrected chi connectivity index (χ1v) is 5.33. The van der Waals surface area contributed by atoms with Crippen molar-refractivity contribution in [3.05, 3.63) is 0 Å². The van der Waals surface area contributed by atoms with E-state index in [-0.39, 0.29) is 12.1 Å². The smallest absolute Gasteiger partial charge is 0.218 e. The van der Waals surface area contributed by atoms with Gasteiger partial charge in [-0.1, -0.05) is 13.3 Å². The van der Waals surface area contributed by atoms with Crippen molar-refractivity contribution < 1.29 is 9.53 Å². The predicted octanol–water partition coefficient (Wildman–Crippen LogP) is 0.581. The Morgan fingerprint density at radius 1 is 1.64 bits per heavy atom. The monoisotopic (exact) mass is 200 g/mol. The minimum atomic E-state index is -0.113. The van der Waals surface area contributed by atoms with E-state index in [0.29, 0.717) is 6.61 Å². The van der Waals surface area contributed by atoms with Crippen molar-refractivity contribution in [1.29, 1.82) is 0 Å². The summed E-state index contributed by atoms with van der Waals surface area (Å²) in [5.74, 6) is -0.0210. The summed E-state index contributed by atoms with van der Waals surface area (Å²) in [5, 5.41) is 2.79. The molecule has 1 N–H and O–H groups in total. The second kappa shape index (κ2) is 5.98. The Morgan fingerprint density at radius 3 is 3.07 bits per heavy atom. The molecular weight excluding hydrogens is 180 g/mol. The normalized spacial score (nSPS) is 23.4. The predicted molar refractivity (Wildman–Crippen MR) is 54.9 cm³/mol. The van der Waals surface area contributed by atoms with Gasteiger partial charge in [0.2, 0.25) is 5.91 Å². The third-order valence-corrected chi connectivity index (χ3v) is 2.34. The van der Waals surface area contributed by atoms with Gasteiger partial charge in [-0.2, -0.15) is 0 Å². The maximum Gasteiger partial charge on any atom is 0.218 e. The van der Waals surface area contributed by atoms with E-state index in [2.05, 4.69) is 17.1 Å². The van der Waals surface area contributed by atoms with Crippen LogP contribution in [0.2, 0.25) is 0 Å². The first kappa shape index (κ1) is 11.5. The van der Waals surface area contributed by atoms with Crippen molar-refractivity contribution in [1.82, 2.24) is 10.2 Å². The van der Waals surface area contributed by atoms with Crippen molar-refractivity contribution in [2.75, 3.05) is 26.2 Å². The van der Waals surface area contributed by atoms with Crippen LogP contribution in [0.4, 0.5) is 0 Å². The molecule has 0 saturated carbocycles. The van der Waals surface area contributed by atoms with Gasteiger partial charge in [0.25, 0.3) is 0 Å². The van der Waals surface area contributed by atoms with Gasteiger partial charge in [0.05, 0.1) is 6.61 Å². The number of nitrogens with one attached hydrogen (secondary N) is 1. The zero-order chi connectivity index (χ0) is 10.4. The average molecular weight is 200 g/mol. The highest BCUT2D eigenvalue weighted by atomic mass is 16.5. The van der Waals surface area contributed by atoms with E-state index in [1.165, 1.54) is 19.8 Å². The molecule has 0 spiro atoms. The van der Waals surface area contributed by atoms with E-state index in [9.17, 15) is 4.79 Å². The molecule has 1 aliphatic heterocycles. The van der Waals surface area contributed by atoms with Gasteiger partial charge in [0.1, 0.15) is 6.23 Å². The van der Waals surface area contributed by atoms with Crippen molar-refractivity contribution in [2.24, 2.45) is 0 Å². The van der Waals surface area contributed by atoms with Gasteiger partial charge in [-0.05, 0) is 13.0 Å². The third-order valence-electron chi connectivity index (χ3n) is 2.34. The Kier molecular flexibility index (Phi) is 4.90. The summed E-state index contributed by atoms with van der Waals surface area (Å²) in [7, 11) is 0. The van der Waals surface area contributed by atoms with E-state index >= 15 is 0 Å². The summed E-state index contributed by atoms with van der Waals surface area (Å²) in [4.78, 5) is 13.2. The van der Waals surface area contributed by atoms with E-state index < -0.39 is 0 Å². The van der Waals surface area contributed by atoms with Gasteiger partial charge in [-0.15, -0.1) is 0 Å². The lowest BCUT2D eigenvalue weighted by atomic mass is 10.3. The molecule has 1 rings (SSSR count). The van der Waals surface area contributed by atoms with Crippen LogP contribution in [-0.2, 0) is 9.53 Å². The molecule has 0 aromatic rings. The summed E-state index contributed by atoms with van der Waals surface area (Å²) >= 11 is 0. The zero-order valence-electron chi connectivity index (χ0n) is 9.08. The molecule has 0 radical (unpaired) electrons. The quantitative estimate of drug-likeness (QED) is 0.722. The minimum Gasteiger partial charge on any atom is -0.356 e. The van der Waals surface area contributed by atoms with Gasteiger partial charge >= 0.3 is 0 Å². The highest BCUT2D eigenvalue weighted by Crippen LogP contribution is 2.04. The van der Waals surface area contributed by atoms with E-state index in [4.69, 9.17) is 4.74 Å². The Balaban J connectivity index is 2.24. The third kappa shape index (κ3) is 4.07. The number of rotatable bonds is 4. The molecule has 1 atom stereocenters. The first-order chi connectivity index (χ1) is 6.72. The standard InChI is InChI=1S/C10H20N2O2/c1-3-4-5-12-6-7-14-10(8-12)11-9(2)13/h10H,3-8H2,1-2H3,(H,11,13). The van der Waals surface area contributed by atoms with Crippen LogP contribution in [-0.4, -0.2) is 43.3 Å². The molecule has 1 unspecified atom stereocenters. The van der Waals surface area contributed by atoms with Crippen molar-refractivity contribution in [2.45, 2.75) is 32.9 Å². The number of nitrogens with zero attached hydrogens (tertiary/aromatic N) is 1. The van der Waals surface area contributed by atoms with Crippen LogP contribution in [0.25, 0.3) is 0 Å². The van der Waals surface area contributed by atoms with Gasteiger partial charge in [0, 0.05) is 20.0 Å². The van der Waals surface area contributed by atoms with Gasteiger partial charge < -0.3 is 10.1 Å². The molecule has 4 nitrogen and oxygen atoms in total. The number of morpholine rings is 1. The van der Waals surface area contributed by atoms with Crippen molar-refractivity contribution >= 4 is 5.91 Å². The molecule has 0 aromatic heterocycles. The Bertz CT molecular complexity index is 185. The van der Waals surface area contributed by atoms with E-state index in [1.54, 1.807) is 0 Å². The lowest BCUT2D eigenvalue weighted by molar-refractivity contribution is -0.126. The number of hydrogen-bond acceptors (Lipinski definition) is 3. The molecule has 1 saturated heterocycles. The second-order valence-corrected chi connectivity index (χ2v) is 3.71. The molecule has 0 bridgehead atoms. The van der Waals surface area contributed by atoms with Crippen LogP contribution in [0.3, 0.4) is 0 Å². The number of carbonyl (C=O) groups is 1. The maximum absolute atomic E-state index is 10.8. The van der Waals surface area contributed by atoms with Crippen LogP contribution in [0.15, 0.2) is 0 Å². The molecule has 14 heavy (non-hydrogen) atoms. The fourth-order valence-corrected chi connectivity index (χ4v) is 1.60. The minimum absolute atomic E-state index is 0.0210. The van der Waals surface area contributed by atoms with Crippen LogP contribution in [0.5, 0.6) is 0 Å². The molecule has 1 heterocycles. The summed E-state index contributed by atoms with van der Waals surface area (Å²) in [6.45, 7) is 7.33. The number of ether oxygens (including phenoxy) is 1. The van der Waals surface area contributed by atoms with E-state index in [1.807, 2.05) is 0 Å². The van der Waals surface area contributed by atoms with Crippen LogP contribution in [0.1, 0.15) is 26.7 Å². The zero-order valence-corrected chi connectivity index (χ0v) is 9.08. The average Bonchev–Trinajstić information content (AvgIpc) is 2.14. The lowest BCUT2D eigenvalue weighted by Crippen LogP contribution is -2.50. The molecule has 4 heteroatoms. The highest BCUT2D eigenvalue weighted by Gasteiger charge is 2.19. The van der Waals surface area contributed by atoms with Crippen molar-refractivity contribution in [3.8, 4) is 0 Å². The van der Waals surface area contributed by atoms with Gasteiger partial charge in [0.15, 0.2) is 0 Å². The number of carbonyl (C=O) groups excluding carboxylic acids is 1. The number of unbranched alkanes of at least 4 members (excludes halogenated alkanes) is 1. The summed E-state index contributed by atoms with van der Waals surface area (Å²) < 4.78 is 5.43. The molecule has 1 amide bonds. The Hall–Kier alpha value is -0.610. The molecule has 1 fully saturated rings. The fourth-order valence-electron chi connectivity index (χ4n) is 1.60. The molecule has 82 valence electrons. The maximum atomic E-state index is 10.8. The Labute approximate surface area is 85.6 Å². The Morgan fingerprint density at radius 2 is 2.43 bits per heavy atom. The first-order valence-electron chi connectivity index (χ1n) is 5.33. The summed E-state index contributed by atoms with van der Waals surface area (Å²) in [5.41, 5.74) is 0. The van der Waals surface area contributed by atoms with Crippen molar-refractivity contribution in [3.63, 3.8) is 0 Å². The topological polar surface area (TPSA) is 41.6 Å². The SMILES string of the molecule is CCCCN1CCOC(NC(C)=O)C1. The number of amides is 1. The van der Waals surface area contributed by atoms with E-state index in [0.717, 1.165) is 19.6 Å². The highest BCUT2D eigenvalue weighted by molar-refractivity contribution is 5.73. The fraction of sp³-hybridized carbons (Fsp3) is 0.900. The molecule has 0 aromatic carbocycles. The second-order valence-electron chi connectivity index (χ2n) is 3.71. The largest absolute Gasteiger partial charge is 0.356 e. The number of hydrogen-bond donors (Lipinski definition) is 1. The summed E-state index contributed by atoms with van der Waals surface area (Å²) in [6.07, 6.45) is 2.31. The van der Waals surface area contributed by atoms with Gasteiger partial charge in [-0.3, -0.25) is 9.69 Å². The molecule has 0 aliphatic carbocycles. The molecular formula is C10H20N2O2. The molecule has 1 aliphatic rings.